The van der Waals surface area contributed by atoms with Crippen LogP contribution in [0.3, 0.4) is 0 Å². The van der Waals surface area contributed by atoms with Crippen molar-refractivity contribution in [2.45, 2.75) is 155 Å². The van der Waals surface area contributed by atoms with Gasteiger partial charge in [-0.2, -0.15) is 0 Å². The van der Waals surface area contributed by atoms with Crippen LogP contribution in [0.25, 0.3) is 0 Å². The standard InChI is InChI=1S/C32H56O4/c1-29(2,35)15-8-17-31(5,18-9-16-30(3,4)36)28-14-13-27-24(10-7-19-32(27,28)6)12-11-23-20-25(33)22-26(34)21-23/h11-12,25-28,33-36H,7-10,13-22H2,1-6H3/b23-11-,24-12+/t25?,26-,27?,28?,32+/m1/s1. The first-order valence-corrected chi connectivity index (χ1v) is 14.8. The third-order valence-corrected chi connectivity index (χ3v) is 9.95. The van der Waals surface area contributed by atoms with Gasteiger partial charge < -0.3 is 20.4 Å². The average molecular weight is 505 g/mol. The normalized spacial score (nSPS) is 34.4. The second kappa shape index (κ2) is 11.6. The summed E-state index contributed by atoms with van der Waals surface area (Å²) in [5, 5.41) is 40.9. The molecule has 3 rings (SSSR count). The van der Waals surface area contributed by atoms with Crippen LogP contribution < -0.4 is 0 Å². The molecule has 3 aliphatic carbocycles. The Morgan fingerprint density at radius 2 is 1.39 bits per heavy atom. The molecular formula is C32H56O4. The van der Waals surface area contributed by atoms with Crippen molar-refractivity contribution in [1.82, 2.24) is 0 Å². The van der Waals surface area contributed by atoms with E-state index in [1.165, 1.54) is 31.3 Å². The van der Waals surface area contributed by atoms with Crippen LogP contribution in [0.5, 0.6) is 0 Å². The van der Waals surface area contributed by atoms with Gasteiger partial charge in [-0.1, -0.05) is 50.0 Å². The highest BCUT2D eigenvalue weighted by atomic mass is 16.3. The first kappa shape index (κ1) is 29.9. The molecule has 0 heterocycles. The van der Waals surface area contributed by atoms with E-state index in [0.717, 1.165) is 44.9 Å². The van der Waals surface area contributed by atoms with E-state index < -0.39 is 23.4 Å². The number of allylic oxidation sites excluding steroid dienone is 3. The van der Waals surface area contributed by atoms with E-state index in [1.807, 2.05) is 27.7 Å². The molecule has 4 N–H and O–H groups in total. The van der Waals surface area contributed by atoms with Crippen molar-refractivity contribution in [1.29, 1.82) is 0 Å². The minimum Gasteiger partial charge on any atom is -0.393 e. The lowest BCUT2D eigenvalue weighted by Gasteiger charge is -2.50. The van der Waals surface area contributed by atoms with Gasteiger partial charge in [0.15, 0.2) is 0 Å². The summed E-state index contributed by atoms with van der Waals surface area (Å²) in [6, 6.07) is 0. The number of aliphatic hydroxyl groups excluding tert-OH is 2. The predicted molar refractivity (Wildman–Crippen MR) is 149 cm³/mol. The minimum absolute atomic E-state index is 0.207. The highest BCUT2D eigenvalue weighted by Gasteiger charge is 2.54. The molecule has 0 aliphatic heterocycles. The van der Waals surface area contributed by atoms with Gasteiger partial charge in [-0.25, -0.2) is 0 Å². The summed E-state index contributed by atoms with van der Waals surface area (Å²) in [4.78, 5) is 0. The molecule has 0 radical (unpaired) electrons. The van der Waals surface area contributed by atoms with Gasteiger partial charge in [0, 0.05) is 0 Å². The van der Waals surface area contributed by atoms with Gasteiger partial charge in [0.2, 0.25) is 0 Å². The Morgan fingerprint density at radius 3 is 1.92 bits per heavy atom. The lowest BCUT2D eigenvalue weighted by molar-refractivity contribution is 0.00527. The van der Waals surface area contributed by atoms with E-state index in [4.69, 9.17) is 0 Å². The highest BCUT2D eigenvalue weighted by molar-refractivity contribution is 5.26. The molecule has 36 heavy (non-hydrogen) atoms. The maximum Gasteiger partial charge on any atom is 0.0602 e. The maximum atomic E-state index is 10.4. The zero-order valence-electron chi connectivity index (χ0n) is 24.2. The van der Waals surface area contributed by atoms with Gasteiger partial charge in [0.05, 0.1) is 23.4 Å². The van der Waals surface area contributed by atoms with E-state index in [1.54, 1.807) is 5.57 Å². The van der Waals surface area contributed by atoms with Crippen molar-refractivity contribution >= 4 is 0 Å². The molecule has 0 aromatic carbocycles. The number of rotatable bonds is 10. The summed E-state index contributed by atoms with van der Waals surface area (Å²) in [6.45, 7) is 12.7. The minimum atomic E-state index is -0.620. The van der Waals surface area contributed by atoms with Crippen molar-refractivity contribution in [2.24, 2.45) is 22.7 Å². The molecule has 0 aromatic heterocycles. The van der Waals surface area contributed by atoms with E-state index in [2.05, 4.69) is 26.0 Å². The fourth-order valence-corrected chi connectivity index (χ4v) is 8.24. The molecule has 3 fully saturated rings. The topological polar surface area (TPSA) is 80.9 Å². The summed E-state index contributed by atoms with van der Waals surface area (Å²) in [5.74, 6) is 1.25. The van der Waals surface area contributed by atoms with Crippen molar-refractivity contribution < 1.29 is 20.4 Å². The maximum absolute atomic E-state index is 10.4. The lowest BCUT2D eigenvalue weighted by atomic mass is 9.55. The van der Waals surface area contributed by atoms with Crippen molar-refractivity contribution in [3.63, 3.8) is 0 Å². The summed E-state index contributed by atoms with van der Waals surface area (Å²) < 4.78 is 0. The lowest BCUT2D eigenvalue weighted by Crippen LogP contribution is -2.41. The van der Waals surface area contributed by atoms with Gasteiger partial charge in [0.1, 0.15) is 0 Å². The summed E-state index contributed by atoms with van der Waals surface area (Å²) in [7, 11) is 0. The van der Waals surface area contributed by atoms with Crippen LogP contribution in [-0.4, -0.2) is 43.8 Å². The van der Waals surface area contributed by atoms with Gasteiger partial charge in [0.25, 0.3) is 0 Å². The second-order valence-electron chi connectivity index (χ2n) is 14.5. The molecule has 0 amide bonds. The number of hydrogen-bond donors (Lipinski definition) is 4. The Bertz CT molecular complexity index is 751. The Hall–Kier alpha value is -0.680. The first-order chi connectivity index (χ1) is 16.6. The van der Waals surface area contributed by atoms with Crippen LogP contribution in [0.4, 0.5) is 0 Å². The van der Waals surface area contributed by atoms with Gasteiger partial charge >= 0.3 is 0 Å². The Labute approximate surface area is 221 Å². The summed E-state index contributed by atoms with van der Waals surface area (Å²) >= 11 is 0. The van der Waals surface area contributed by atoms with Crippen molar-refractivity contribution in [3.8, 4) is 0 Å². The molecule has 3 unspecified atom stereocenters. The molecule has 0 saturated heterocycles. The molecule has 3 saturated carbocycles. The molecular weight excluding hydrogens is 448 g/mol. The Balaban J connectivity index is 1.79. The smallest absolute Gasteiger partial charge is 0.0602 e. The monoisotopic (exact) mass is 504 g/mol. The van der Waals surface area contributed by atoms with Crippen LogP contribution in [-0.2, 0) is 0 Å². The number of fused-ring (bicyclic) bond motifs is 1. The SMILES string of the molecule is CC(C)(O)CCCC(C)(CCCC(C)(C)O)C1CCC2/C(=C/C=C3/CC(O)C[C@H](O)C3)CCC[C@@]21C. The third kappa shape index (κ3) is 7.91. The van der Waals surface area contributed by atoms with Gasteiger partial charge in [-0.05, 0) is 127 Å². The van der Waals surface area contributed by atoms with Crippen LogP contribution in [0.15, 0.2) is 23.3 Å². The van der Waals surface area contributed by atoms with Crippen LogP contribution >= 0.6 is 0 Å². The molecule has 4 heteroatoms. The van der Waals surface area contributed by atoms with Crippen LogP contribution in [0.1, 0.15) is 131 Å². The average Bonchev–Trinajstić information content (AvgIpc) is 3.08. The van der Waals surface area contributed by atoms with Crippen molar-refractivity contribution in [2.75, 3.05) is 0 Å². The van der Waals surface area contributed by atoms with E-state index >= 15 is 0 Å². The fraction of sp³-hybridized carbons (Fsp3) is 0.875. The van der Waals surface area contributed by atoms with Gasteiger partial charge in [-0.15, -0.1) is 0 Å². The van der Waals surface area contributed by atoms with Crippen LogP contribution in [0, 0.1) is 22.7 Å². The Morgan fingerprint density at radius 1 is 0.833 bits per heavy atom. The first-order valence-electron chi connectivity index (χ1n) is 14.8. The van der Waals surface area contributed by atoms with E-state index in [-0.39, 0.29) is 10.8 Å². The molecule has 0 bridgehead atoms. The van der Waals surface area contributed by atoms with Gasteiger partial charge in [-0.3, -0.25) is 0 Å². The highest BCUT2D eigenvalue weighted by Crippen LogP contribution is 2.64. The molecule has 5 atom stereocenters. The molecule has 0 aromatic rings. The van der Waals surface area contributed by atoms with E-state index in [0.29, 0.717) is 31.1 Å². The third-order valence-electron chi connectivity index (χ3n) is 9.95. The largest absolute Gasteiger partial charge is 0.393 e. The van der Waals surface area contributed by atoms with Crippen molar-refractivity contribution in [3.05, 3.63) is 23.3 Å². The molecule has 208 valence electrons. The zero-order chi connectivity index (χ0) is 26.8. The summed E-state index contributed by atoms with van der Waals surface area (Å²) in [6.07, 6.45) is 17.8. The molecule has 4 nitrogen and oxygen atoms in total. The number of aliphatic hydroxyl groups is 4. The second-order valence-corrected chi connectivity index (χ2v) is 14.5. The molecule has 3 aliphatic rings. The fourth-order valence-electron chi connectivity index (χ4n) is 8.24. The quantitative estimate of drug-likeness (QED) is 0.262. The van der Waals surface area contributed by atoms with Crippen LogP contribution in [0.2, 0.25) is 0 Å². The Kier molecular flexibility index (Phi) is 9.62. The predicted octanol–water partition coefficient (Wildman–Crippen LogP) is 6.85. The number of hydrogen-bond acceptors (Lipinski definition) is 4. The zero-order valence-corrected chi connectivity index (χ0v) is 24.2. The van der Waals surface area contributed by atoms with E-state index in [9.17, 15) is 20.4 Å². The summed E-state index contributed by atoms with van der Waals surface area (Å²) in [5.41, 5.74) is 2.00. The molecule has 0 spiro atoms.